The fourth-order valence-corrected chi connectivity index (χ4v) is 3.59. The predicted octanol–water partition coefficient (Wildman–Crippen LogP) is 4.04. The number of nitrogens with two attached hydrogens (primary N) is 1. The molecule has 2 aromatic heterocycles. The second-order valence-electron chi connectivity index (χ2n) is 6.85. The number of rotatable bonds is 3. The minimum absolute atomic E-state index is 0.185. The zero-order chi connectivity index (χ0) is 19.1. The lowest BCUT2D eigenvalue weighted by molar-refractivity contribution is 1.03. The Kier molecular flexibility index (Phi) is 3.72. The Bertz CT molecular complexity index is 1370. The van der Waals surface area contributed by atoms with Crippen LogP contribution in [0.1, 0.15) is 11.3 Å². The average Bonchev–Trinajstić information content (AvgIpc) is 3.13. The van der Waals surface area contributed by atoms with Crippen LogP contribution >= 0.6 is 0 Å². The number of benzene rings is 3. The van der Waals surface area contributed by atoms with Crippen molar-refractivity contribution in [1.82, 2.24) is 14.5 Å². The maximum atomic E-state index is 12.5. The van der Waals surface area contributed by atoms with Crippen molar-refractivity contribution in [3.8, 4) is 5.69 Å². The number of anilines is 1. The summed E-state index contributed by atoms with van der Waals surface area (Å²) in [5.74, 6) is 0. The molecule has 5 aromatic rings. The minimum atomic E-state index is -0.185. The van der Waals surface area contributed by atoms with Gasteiger partial charge in [-0.25, -0.2) is 4.98 Å². The van der Waals surface area contributed by atoms with Gasteiger partial charge >= 0.3 is 0 Å². The third kappa shape index (κ3) is 2.74. The second kappa shape index (κ2) is 6.39. The molecule has 0 aliphatic rings. The molecule has 0 atom stereocenters. The van der Waals surface area contributed by atoms with Gasteiger partial charge in [-0.05, 0) is 35.2 Å². The van der Waals surface area contributed by atoms with Gasteiger partial charge in [0, 0.05) is 12.6 Å². The number of nitrogens with zero attached hydrogens (tertiary/aromatic N) is 2. The van der Waals surface area contributed by atoms with Crippen molar-refractivity contribution in [2.24, 2.45) is 0 Å². The summed E-state index contributed by atoms with van der Waals surface area (Å²) in [6, 6.07) is 23.8. The first-order chi connectivity index (χ1) is 13.7. The molecule has 0 radical (unpaired) electrons. The van der Waals surface area contributed by atoms with Gasteiger partial charge < -0.3 is 15.3 Å². The lowest BCUT2D eigenvalue weighted by Crippen LogP contribution is -2.16. The molecule has 136 valence electrons. The van der Waals surface area contributed by atoms with Crippen LogP contribution in [0.3, 0.4) is 0 Å². The molecule has 0 fully saturated rings. The Morgan fingerprint density at radius 1 is 0.964 bits per heavy atom. The topological polar surface area (TPSA) is 76.7 Å². The number of H-pyrrole nitrogens is 1. The SMILES string of the molecule is Nc1cc2[nH]c(=O)c(Cc3ccccc3)nc2cc1-n1ccc2ccccc21. The van der Waals surface area contributed by atoms with Crippen LogP contribution in [0, 0.1) is 0 Å². The van der Waals surface area contributed by atoms with Crippen LogP contribution in [0.25, 0.3) is 27.6 Å². The molecule has 0 aliphatic heterocycles. The van der Waals surface area contributed by atoms with Gasteiger partial charge in [0.15, 0.2) is 0 Å². The van der Waals surface area contributed by atoms with E-state index >= 15 is 0 Å². The van der Waals surface area contributed by atoms with Gasteiger partial charge in [-0.15, -0.1) is 0 Å². The van der Waals surface area contributed by atoms with Gasteiger partial charge in [-0.2, -0.15) is 0 Å². The highest BCUT2D eigenvalue weighted by Gasteiger charge is 2.11. The van der Waals surface area contributed by atoms with E-state index < -0.39 is 0 Å². The summed E-state index contributed by atoms with van der Waals surface area (Å²) >= 11 is 0. The number of para-hydroxylation sites is 1. The molecular formula is C23H18N4O. The summed E-state index contributed by atoms with van der Waals surface area (Å²) in [5, 5.41) is 1.14. The number of hydrogen-bond acceptors (Lipinski definition) is 3. The van der Waals surface area contributed by atoms with Crippen LogP contribution in [-0.2, 0) is 6.42 Å². The van der Waals surface area contributed by atoms with Crippen molar-refractivity contribution in [3.63, 3.8) is 0 Å². The third-order valence-corrected chi connectivity index (χ3v) is 4.98. The first-order valence-electron chi connectivity index (χ1n) is 9.12. The van der Waals surface area contributed by atoms with E-state index in [0.29, 0.717) is 28.8 Å². The highest BCUT2D eigenvalue weighted by Crippen LogP contribution is 2.27. The molecular weight excluding hydrogens is 348 g/mol. The third-order valence-electron chi connectivity index (χ3n) is 4.98. The van der Waals surface area contributed by atoms with E-state index in [2.05, 4.69) is 28.2 Å². The fraction of sp³-hybridized carbons (Fsp3) is 0.0435. The van der Waals surface area contributed by atoms with Crippen molar-refractivity contribution in [2.45, 2.75) is 6.42 Å². The van der Waals surface area contributed by atoms with Crippen LogP contribution in [0.2, 0.25) is 0 Å². The Morgan fingerprint density at radius 3 is 2.61 bits per heavy atom. The highest BCUT2D eigenvalue weighted by atomic mass is 16.1. The number of hydrogen-bond donors (Lipinski definition) is 2. The Labute approximate surface area is 161 Å². The number of nitrogens with one attached hydrogen (secondary N) is 1. The quantitative estimate of drug-likeness (QED) is 0.473. The molecule has 3 N–H and O–H groups in total. The summed E-state index contributed by atoms with van der Waals surface area (Å²) in [6.45, 7) is 0. The first-order valence-corrected chi connectivity index (χ1v) is 9.12. The number of aromatic nitrogens is 3. The maximum Gasteiger partial charge on any atom is 0.270 e. The monoisotopic (exact) mass is 366 g/mol. The maximum absolute atomic E-state index is 12.5. The molecule has 28 heavy (non-hydrogen) atoms. The summed E-state index contributed by atoms with van der Waals surface area (Å²) in [6.07, 6.45) is 2.48. The van der Waals surface area contributed by atoms with Gasteiger partial charge in [0.05, 0.1) is 27.9 Å². The van der Waals surface area contributed by atoms with Crippen molar-refractivity contribution < 1.29 is 0 Å². The van der Waals surface area contributed by atoms with Crippen molar-refractivity contribution >= 4 is 27.6 Å². The Morgan fingerprint density at radius 2 is 1.75 bits per heavy atom. The van der Waals surface area contributed by atoms with Crippen LogP contribution in [0.5, 0.6) is 0 Å². The average molecular weight is 366 g/mol. The van der Waals surface area contributed by atoms with Crippen molar-refractivity contribution in [1.29, 1.82) is 0 Å². The summed E-state index contributed by atoms with van der Waals surface area (Å²) < 4.78 is 2.05. The van der Waals surface area contributed by atoms with E-state index in [4.69, 9.17) is 5.73 Å². The lowest BCUT2D eigenvalue weighted by Gasteiger charge is -2.11. The number of aromatic amines is 1. The molecule has 0 amide bonds. The smallest absolute Gasteiger partial charge is 0.270 e. The van der Waals surface area contributed by atoms with Gasteiger partial charge in [-0.1, -0.05) is 48.5 Å². The second-order valence-corrected chi connectivity index (χ2v) is 6.85. The molecule has 5 heteroatoms. The lowest BCUT2D eigenvalue weighted by atomic mass is 10.1. The normalized spacial score (nSPS) is 11.3. The molecule has 5 nitrogen and oxygen atoms in total. The number of fused-ring (bicyclic) bond motifs is 2. The molecule has 3 aromatic carbocycles. The van der Waals surface area contributed by atoms with E-state index in [0.717, 1.165) is 22.2 Å². The predicted molar refractivity (Wildman–Crippen MR) is 113 cm³/mol. The molecule has 0 bridgehead atoms. The van der Waals surface area contributed by atoms with E-state index in [1.807, 2.05) is 59.3 Å². The number of nitrogen functional groups attached to an aromatic ring is 1. The van der Waals surface area contributed by atoms with Crippen molar-refractivity contribution in [2.75, 3.05) is 5.73 Å². The van der Waals surface area contributed by atoms with Crippen LogP contribution in [-0.4, -0.2) is 14.5 Å². The molecule has 0 saturated heterocycles. The van der Waals surface area contributed by atoms with Crippen LogP contribution in [0.15, 0.2) is 83.8 Å². The summed E-state index contributed by atoms with van der Waals surface area (Å²) in [5.41, 5.74) is 11.5. The highest BCUT2D eigenvalue weighted by molar-refractivity contribution is 5.87. The van der Waals surface area contributed by atoms with Gasteiger partial charge in [-0.3, -0.25) is 4.79 Å². The molecule has 2 heterocycles. The Balaban J connectivity index is 1.66. The first kappa shape index (κ1) is 16.3. The van der Waals surface area contributed by atoms with E-state index in [-0.39, 0.29) is 5.56 Å². The van der Waals surface area contributed by atoms with Gasteiger partial charge in [0.2, 0.25) is 0 Å². The zero-order valence-corrected chi connectivity index (χ0v) is 15.1. The Hall–Kier alpha value is -3.86. The standard InChI is InChI=1S/C23H18N4O/c24-17-13-18-19(14-22(17)27-11-10-16-8-4-5-9-21(16)27)25-20(23(28)26-18)12-15-6-2-1-3-7-15/h1-11,13-14H,12,24H2,(H,26,28). The molecule has 0 saturated carbocycles. The summed E-state index contributed by atoms with van der Waals surface area (Å²) in [4.78, 5) is 20.0. The zero-order valence-electron chi connectivity index (χ0n) is 15.1. The van der Waals surface area contributed by atoms with Gasteiger partial charge in [0.25, 0.3) is 5.56 Å². The minimum Gasteiger partial charge on any atom is -0.397 e. The van der Waals surface area contributed by atoms with Crippen molar-refractivity contribution in [3.05, 3.63) is 101 Å². The van der Waals surface area contributed by atoms with E-state index in [9.17, 15) is 4.79 Å². The van der Waals surface area contributed by atoms with Crippen LogP contribution in [0.4, 0.5) is 5.69 Å². The fourth-order valence-electron chi connectivity index (χ4n) is 3.59. The van der Waals surface area contributed by atoms with Gasteiger partial charge in [0.1, 0.15) is 5.69 Å². The molecule has 0 unspecified atom stereocenters. The molecule has 5 rings (SSSR count). The molecule has 0 spiro atoms. The van der Waals surface area contributed by atoms with Crippen LogP contribution < -0.4 is 11.3 Å². The largest absolute Gasteiger partial charge is 0.397 e. The van der Waals surface area contributed by atoms with E-state index in [1.165, 1.54) is 0 Å². The van der Waals surface area contributed by atoms with E-state index in [1.54, 1.807) is 6.07 Å². The summed E-state index contributed by atoms with van der Waals surface area (Å²) in [7, 11) is 0. The molecule has 0 aliphatic carbocycles.